The first-order chi connectivity index (χ1) is 17.0. The van der Waals surface area contributed by atoms with Gasteiger partial charge in [0.1, 0.15) is 27.8 Å². The smallest absolute Gasteiger partial charge is 0.263 e. The van der Waals surface area contributed by atoms with E-state index in [2.05, 4.69) is 10.3 Å². The first kappa shape index (κ1) is 26.1. The number of rotatable bonds is 7. The number of methoxy groups -OCH3 is 2. The van der Waals surface area contributed by atoms with Gasteiger partial charge in [0, 0.05) is 24.0 Å². The van der Waals surface area contributed by atoms with E-state index in [-0.39, 0.29) is 28.7 Å². The highest BCUT2D eigenvalue weighted by molar-refractivity contribution is 7.89. The van der Waals surface area contributed by atoms with Crippen molar-refractivity contribution in [2.45, 2.75) is 38.6 Å². The molecule has 1 saturated heterocycles. The molecule has 1 aromatic carbocycles. The summed E-state index contributed by atoms with van der Waals surface area (Å²) >= 11 is 1.16. The monoisotopic (exact) mass is 534 g/mol. The molecule has 194 valence electrons. The minimum Gasteiger partial charge on any atom is -0.497 e. The molecule has 0 spiro atoms. The number of anilines is 1. The number of piperidine rings is 1. The third-order valence-corrected chi connectivity index (χ3v) is 9.37. The number of hydrogen-bond donors (Lipinski definition) is 1. The molecule has 10 nitrogen and oxygen atoms in total. The Morgan fingerprint density at radius 1 is 1.19 bits per heavy atom. The molecule has 1 aliphatic heterocycles. The van der Waals surface area contributed by atoms with Crippen molar-refractivity contribution < 1.29 is 22.7 Å². The fourth-order valence-corrected chi connectivity index (χ4v) is 8.07. The molecule has 0 saturated carbocycles. The standard InChI is InChI=1S/C24H30N4O6S2/c1-14-8-15(2)11-28(10-14)36(31,32)22-16(3)35-23-21(22)24(30)27(13-25-23)12-20(29)26-18-9-17(33-4)6-7-19(18)34-5/h6-7,9,13-15H,8,10-12H2,1-5H3,(H,26,29). The molecule has 2 atom stereocenters. The number of nitrogens with one attached hydrogen (secondary N) is 1. The van der Waals surface area contributed by atoms with Crippen LogP contribution < -0.4 is 20.3 Å². The third kappa shape index (κ3) is 4.97. The molecule has 1 N–H and O–H groups in total. The van der Waals surface area contributed by atoms with Gasteiger partial charge in [-0.3, -0.25) is 14.2 Å². The molecule has 2 aromatic heterocycles. The molecule has 1 amide bonds. The normalized spacial score (nSPS) is 18.8. The van der Waals surface area contributed by atoms with Gasteiger partial charge in [-0.1, -0.05) is 13.8 Å². The summed E-state index contributed by atoms with van der Waals surface area (Å²) in [6.45, 7) is 6.20. The third-order valence-electron chi connectivity index (χ3n) is 6.23. The van der Waals surface area contributed by atoms with Gasteiger partial charge in [-0.2, -0.15) is 4.31 Å². The van der Waals surface area contributed by atoms with Crippen molar-refractivity contribution in [2.75, 3.05) is 32.6 Å². The van der Waals surface area contributed by atoms with Gasteiger partial charge >= 0.3 is 0 Å². The predicted octanol–water partition coefficient (Wildman–Crippen LogP) is 3.09. The molecule has 0 aliphatic carbocycles. The summed E-state index contributed by atoms with van der Waals surface area (Å²) in [6.07, 6.45) is 2.22. The van der Waals surface area contributed by atoms with Gasteiger partial charge in [0.2, 0.25) is 15.9 Å². The van der Waals surface area contributed by atoms with Crippen LogP contribution in [0.15, 0.2) is 34.2 Å². The first-order valence-corrected chi connectivity index (χ1v) is 13.8. The summed E-state index contributed by atoms with van der Waals surface area (Å²) in [6, 6.07) is 4.96. The number of ether oxygens (including phenoxy) is 2. The molecule has 2 unspecified atom stereocenters. The Hall–Kier alpha value is -2.96. The topological polar surface area (TPSA) is 120 Å². The van der Waals surface area contributed by atoms with E-state index in [1.807, 2.05) is 13.8 Å². The molecule has 36 heavy (non-hydrogen) atoms. The maximum Gasteiger partial charge on any atom is 0.263 e. The lowest BCUT2D eigenvalue weighted by Gasteiger charge is -2.34. The number of carbonyl (C=O) groups excluding carboxylic acids is 1. The number of hydrogen-bond acceptors (Lipinski definition) is 8. The molecular weight excluding hydrogens is 504 g/mol. The molecule has 0 radical (unpaired) electrons. The van der Waals surface area contributed by atoms with Crippen LogP contribution in [-0.2, 0) is 21.4 Å². The Morgan fingerprint density at radius 2 is 1.89 bits per heavy atom. The second kappa shape index (κ2) is 10.2. The van der Waals surface area contributed by atoms with Crippen molar-refractivity contribution >= 4 is 43.2 Å². The first-order valence-electron chi connectivity index (χ1n) is 11.6. The van der Waals surface area contributed by atoms with Crippen LogP contribution in [0, 0.1) is 18.8 Å². The molecule has 1 aliphatic rings. The maximum atomic E-state index is 13.7. The van der Waals surface area contributed by atoms with E-state index >= 15 is 0 Å². The quantitative estimate of drug-likeness (QED) is 0.495. The van der Waals surface area contributed by atoms with E-state index in [1.54, 1.807) is 25.1 Å². The Balaban J connectivity index is 1.68. The molecular formula is C24H30N4O6S2. The largest absolute Gasteiger partial charge is 0.497 e. The molecule has 1 fully saturated rings. The number of thiophene rings is 1. The zero-order valence-corrected chi connectivity index (χ0v) is 22.5. The Morgan fingerprint density at radius 3 is 2.53 bits per heavy atom. The highest BCUT2D eigenvalue weighted by atomic mass is 32.2. The van der Waals surface area contributed by atoms with Gasteiger partial charge in [-0.05, 0) is 37.3 Å². The van der Waals surface area contributed by atoms with Crippen LogP contribution in [0.1, 0.15) is 25.1 Å². The second-order valence-electron chi connectivity index (χ2n) is 9.23. The number of amides is 1. The lowest BCUT2D eigenvalue weighted by atomic mass is 9.94. The van der Waals surface area contributed by atoms with E-state index in [1.165, 1.54) is 24.9 Å². The van der Waals surface area contributed by atoms with Crippen LogP contribution in [0.3, 0.4) is 0 Å². The lowest BCUT2D eigenvalue weighted by Crippen LogP contribution is -2.42. The van der Waals surface area contributed by atoms with Crippen molar-refractivity contribution in [2.24, 2.45) is 11.8 Å². The van der Waals surface area contributed by atoms with Crippen LogP contribution in [0.25, 0.3) is 10.2 Å². The number of carbonyl (C=O) groups is 1. The van der Waals surface area contributed by atoms with Crippen molar-refractivity contribution in [1.29, 1.82) is 0 Å². The van der Waals surface area contributed by atoms with Crippen LogP contribution in [0.4, 0.5) is 5.69 Å². The summed E-state index contributed by atoms with van der Waals surface area (Å²) in [7, 11) is -0.931. The minimum absolute atomic E-state index is 0.00877. The van der Waals surface area contributed by atoms with Crippen molar-refractivity contribution in [3.8, 4) is 11.5 Å². The SMILES string of the molecule is COc1ccc(OC)c(NC(=O)Cn2cnc3sc(C)c(S(=O)(=O)N4CC(C)CC(C)C4)c3c2=O)c1. The average Bonchev–Trinajstić information content (AvgIpc) is 3.17. The number of nitrogens with zero attached hydrogens (tertiary/aromatic N) is 3. The molecule has 3 aromatic rings. The van der Waals surface area contributed by atoms with Crippen molar-refractivity contribution in [3.63, 3.8) is 0 Å². The summed E-state index contributed by atoms with van der Waals surface area (Å²) in [5.74, 6) is 0.898. The average molecular weight is 535 g/mol. The van der Waals surface area contributed by atoms with Gasteiger partial charge in [0.05, 0.1) is 31.6 Å². The van der Waals surface area contributed by atoms with E-state index in [0.717, 1.165) is 22.3 Å². The fourth-order valence-electron chi connectivity index (χ4n) is 4.72. The summed E-state index contributed by atoms with van der Waals surface area (Å²) < 4.78 is 40.4. The van der Waals surface area contributed by atoms with Gasteiger partial charge in [-0.25, -0.2) is 13.4 Å². The predicted molar refractivity (Wildman–Crippen MR) is 138 cm³/mol. The Bertz CT molecular complexity index is 1450. The highest BCUT2D eigenvalue weighted by Crippen LogP contribution is 2.35. The summed E-state index contributed by atoms with van der Waals surface area (Å²) in [5.41, 5.74) is -0.194. The van der Waals surface area contributed by atoms with E-state index in [4.69, 9.17) is 9.47 Å². The van der Waals surface area contributed by atoms with E-state index in [9.17, 15) is 18.0 Å². The summed E-state index contributed by atoms with van der Waals surface area (Å²) in [5, 5.41) is 2.74. The van der Waals surface area contributed by atoms with Crippen LogP contribution in [-0.4, -0.2) is 55.5 Å². The lowest BCUT2D eigenvalue weighted by molar-refractivity contribution is -0.116. The van der Waals surface area contributed by atoms with Crippen molar-refractivity contribution in [1.82, 2.24) is 13.9 Å². The van der Waals surface area contributed by atoms with Crippen LogP contribution >= 0.6 is 11.3 Å². The number of fused-ring (bicyclic) bond motifs is 1. The number of aromatic nitrogens is 2. The van der Waals surface area contributed by atoms with Crippen molar-refractivity contribution in [3.05, 3.63) is 39.8 Å². The molecule has 12 heteroatoms. The van der Waals surface area contributed by atoms with Gasteiger partial charge < -0.3 is 14.8 Å². The molecule has 3 heterocycles. The Labute approximate surface area is 213 Å². The Kier molecular flexibility index (Phi) is 7.39. The van der Waals surface area contributed by atoms with Gasteiger partial charge in [0.15, 0.2) is 0 Å². The van der Waals surface area contributed by atoms with Gasteiger partial charge in [0.25, 0.3) is 5.56 Å². The second-order valence-corrected chi connectivity index (χ2v) is 12.3. The number of aryl methyl sites for hydroxylation is 1. The van der Waals surface area contributed by atoms with Gasteiger partial charge in [-0.15, -0.1) is 11.3 Å². The molecule has 0 bridgehead atoms. The van der Waals surface area contributed by atoms with E-state index in [0.29, 0.717) is 40.0 Å². The number of sulfonamides is 1. The highest BCUT2D eigenvalue weighted by Gasteiger charge is 2.35. The zero-order chi connectivity index (χ0) is 26.2. The minimum atomic E-state index is -3.92. The van der Waals surface area contributed by atoms with Crippen LogP contribution in [0.5, 0.6) is 11.5 Å². The number of benzene rings is 1. The van der Waals surface area contributed by atoms with Crippen LogP contribution in [0.2, 0.25) is 0 Å². The maximum absolute atomic E-state index is 13.7. The zero-order valence-electron chi connectivity index (χ0n) is 20.9. The fraction of sp³-hybridized carbons (Fsp3) is 0.458. The summed E-state index contributed by atoms with van der Waals surface area (Å²) in [4.78, 5) is 31.4. The molecule has 4 rings (SSSR count). The van der Waals surface area contributed by atoms with E-state index < -0.39 is 21.5 Å².